The zero-order valence-electron chi connectivity index (χ0n) is 16.3. The number of nitrogens with one attached hydrogen (secondary N) is 1. The van der Waals surface area contributed by atoms with Crippen LogP contribution in [-0.4, -0.2) is 49.7 Å². The van der Waals surface area contributed by atoms with E-state index in [0.29, 0.717) is 24.5 Å². The third-order valence-electron chi connectivity index (χ3n) is 5.95. The number of carbonyl (C=O) groups excluding carboxylic acids is 1. The summed E-state index contributed by atoms with van der Waals surface area (Å²) in [6.45, 7) is 7.17. The van der Waals surface area contributed by atoms with E-state index >= 15 is 0 Å². The van der Waals surface area contributed by atoms with Gasteiger partial charge in [-0.2, -0.15) is 5.10 Å². The van der Waals surface area contributed by atoms with Crippen LogP contribution in [0.2, 0.25) is 0 Å². The first-order valence-corrected chi connectivity index (χ1v) is 9.52. The summed E-state index contributed by atoms with van der Waals surface area (Å²) in [6, 6.07) is 6.14. The summed E-state index contributed by atoms with van der Waals surface area (Å²) in [6.07, 6.45) is 2.92. The van der Waals surface area contributed by atoms with Gasteiger partial charge in [-0.3, -0.25) is 9.48 Å². The van der Waals surface area contributed by atoms with Crippen LogP contribution in [0.25, 0.3) is 10.9 Å². The van der Waals surface area contributed by atoms with Crippen molar-refractivity contribution in [3.8, 4) is 0 Å². The van der Waals surface area contributed by atoms with Crippen molar-refractivity contribution < 1.29 is 14.7 Å². The van der Waals surface area contributed by atoms with Crippen molar-refractivity contribution in [2.24, 2.45) is 0 Å². The van der Waals surface area contributed by atoms with Gasteiger partial charge in [0.2, 0.25) is 0 Å². The molecule has 2 N–H and O–H groups in total. The molecule has 0 atom stereocenters. The van der Waals surface area contributed by atoms with Gasteiger partial charge in [0.15, 0.2) is 0 Å². The molecule has 0 bridgehead atoms. The van der Waals surface area contributed by atoms with Gasteiger partial charge in [-0.25, -0.2) is 4.79 Å². The van der Waals surface area contributed by atoms with Crippen LogP contribution >= 0.6 is 0 Å². The van der Waals surface area contributed by atoms with Gasteiger partial charge in [0.1, 0.15) is 11.3 Å². The average Bonchev–Trinajstić information content (AvgIpc) is 3.28. The van der Waals surface area contributed by atoms with E-state index in [2.05, 4.69) is 30.0 Å². The summed E-state index contributed by atoms with van der Waals surface area (Å²) in [4.78, 5) is 29.3. The molecule has 146 valence electrons. The standard InChI is InChI=1S/C21H24N4O3/c1-12-4-5-18-16(13(12)2)10-19(23-18)20(26)24-8-6-15(7-9-24)25-14(3)17(11-22-25)21(27)28/h4-5,10-11,15,23H,6-9H2,1-3H3,(H,27,28). The van der Waals surface area contributed by atoms with E-state index in [4.69, 9.17) is 0 Å². The number of nitrogens with zero attached hydrogens (tertiary/aromatic N) is 3. The third-order valence-corrected chi connectivity index (χ3v) is 5.95. The zero-order chi connectivity index (χ0) is 20.0. The number of hydrogen-bond acceptors (Lipinski definition) is 3. The van der Waals surface area contributed by atoms with Crippen molar-refractivity contribution in [2.75, 3.05) is 13.1 Å². The molecule has 0 radical (unpaired) electrons. The molecule has 1 aliphatic rings. The molecule has 1 aromatic carbocycles. The summed E-state index contributed by atoms with van der Waals surface area (Å²) >= 11 is 0. The van der Waals surface area contributed by atoms with Crippen molar-refractivity contribution in [2.45, 2.75) is 39.7 Å². The number of benzene rings is 1. The number of aromatic nitrogens is 3. The number of H-pyrrole nitrogens is 1. The van der Waals surface area contributed by atoms with Gasteiger partial charge in [-0.05, 0) is 56.9 Å². The predicted molar refractivity (Wildman–Crippen MR) is 106 cm³/mol. The second kappa shape index (κ2) is 6.82. The van der Waals surface area contributed by atoms with Crippen LogP contribution in [0.3, 0.4) is 0 Å². The molecule has 28 heavy (non-hydrogen) atoms. The molecule has 1 fully saturated rings. The van der Waals surface area contributed by atoms with Gasteiger partial charge in [0.05, 0.1) is 17.9 Å². The molecule has 0 unspecified atom stereocenters. The Morgan fingerprint density at radius 3 is 2.54 bits per heavy atom. The lowest BCUT2D eigenvalue weighted by molar-refractivity contribution is 0.0683. The number of amides is 1. The van der Waals surface area contributed by atoms with Crippen LogP contribution in [0.4, 0.5) is 0 Å². The summed E-state index contributed by atoms with van der Waals surface area (Å²) in [5, 5.41) is 14.6. The molecule has 2 aromatic heterocycles. The number of likely N-dealkylation sites (tertiary alicyclic amines) is 1. The Hall–Kier alpha value is -3.09. The second-order valence-corrected chi connectivity index (χ2v) is 7.57. The quantitative estimate of drug-likeness (QED) is 0.728. The highest BCUT2D eigenvalue weighted by Crippen LogP contribution is 2.27. The van der Waals surface area contributed by atoms with Crippen LogP contribution in [0, 0.1) is 20.8 Å². The van der Waals surface area contributed by atoms with E-state index in [9.17, 15) is 14.7 Å². The van der Waals surface area contributed by atoms with E-state index in [1.807, 2.05) is 17.0 Å². The van der Waals surface area contributed by atoms with Gasteiger partial charge in [0.25, 0.3) is 5.91 Å². The first-order chi connectivity index (χ1) is 13.4. The summed E-state index contributed by atoms with van der Waals surface area (Å²) < 4.78 is 1.79. The molecule has 7 nitrogen and oxygen atoms in total. The van der Waals surface area contributed by atoms with Crippen LogP contribution < -0.4 is 0 Å². The lowest BCUT2D eigenvalue weighted by Gasteiger charge is -2.32. The van der Waals surface area contributed by atoms with Crippen molar-refractivity contribution in [1.29, 1.82) is 0 Å². The highest BCUT2D eigenvalue weighted by atomic mass is 16.4. The van der Waals surface area contributed by atoms with Crippen LogP contribution in [-0.2, 0) is 0 Å². The van der Waals surface area contributed by atoms with E-state index in [1.165, 1.54) is 17.3 Å². The lowest BCUT2D eigenvalue weighted by atomic mass is 10.0. The molecule has 0 saturated carbocycles. The monoisotopic (exact) mass is 380 g/mol. The Morgan fingerprint density at radius 1 is 1.18 bits per heavy atom. The molecule has 1 saturated heterocycles. The normalized spacial score (nSPS) is 15.3. The fraction of sp³-hybridized carbons (Fsp3) is 0.381. The number of carboxylic acids is 1. The number of rotatable bonds is 3. The number of piperidine rings is 1. The highest BCUT2D eigenvalue weighted by molar-refractivity contribution is 5.99. The lowest BCUT2D eigenvalue weighted by Crippen LogP contribution is -2.39. The summed E-state index contributed by atoms with van der Waals surface area (Å²) in [5.74, 6) is -0.948. The van der Waals surface area contributed by atoms with Crippen LogP contribution in [0.5, 0.6) is 0 Å². The Balaban J connectivity index is 1.49. The second-order valence-electron chi connectivity index (χ2n) is 7.57. The minimum atomic E-state index is -0.958. The summed E-state index contributed by atoms with van der Waals surface area (Å²) in [7, 11) is 0. The van der Waals surface area contributed by atoms with Crippen LogP contribution in [0.15, 0.2) is 24.4 Å². The first kappa shape index (κ1) is 18.3. The molecule has 1 aliphatic heterocycles. The number of carbonyl (C=O) groups is 2. The van der Waals surface area contributed by atoms with Crippen molar-refractivity contribution in [3.63, 3.8) is 0 Å². The average molecular weight is 380 g/mol. The number of aromatic amines is 1. The minimum Gasteiger partial charge on any atom is -0.478 e. The fourth-order valence-corrected chi connectivity index (χ4v) is 4.06. The molecule has 1 amide bonds. The smallest absolute Gasteiger partial charge is 0.339 e. The van der Waals surface area contributed by atoms with Gasteiger partial charge in [0, 0.05) is 24.0 Å². The Labute approximate surface area is 163 Å². The van der Waals surface area contributed by atoms with E-state index in [1.54, 1.807) is 11.6 Å². The van der Waals surface area contributed by atoms with Gasteiger partial charge < -0.3 is 15.0 Å². The van der Waals surface area contributed by atoms with Crippen molar-refractivity contribution >= 4 is 22.8 Å². The van der Waals surface area contributed by atoms with Gasteiger partial charge >= 0.3 is 5.97 Å². The number of aryl methyl sites for hydroxylation is 2. The molecule has 0 aliphatic carbocycles. The van der Waals surface area contributed by atoms with Crippen molar-refractivity contribution in [1.82, 2.24) is 19.7 Å². The Bertz CT molecular complexity index is 1070. The van der Waals surface area contributed by atoms with E-state index < -0.39 is 5.97 Å². The van der Waals surface area contributed by atoms with E-state index in [0.717, 1.165) is 23.7 Å². The molecule has 3 heterocycles. The van der Waals surface area contributed by atoms with Crippen LogP contribution in [0.1, 0.15) is 56.6 Å². The molecule has 7 heteroatoms. The minimum absolute atomic E-state index is 0.00937. The number of carboxylic acid groups (broad SMARTS) is 1. The maximum atomic E-state index is 13.0. The predicted octanol–water partition coefficient (Wildman–Crippen LogP) is 3.47. The third kappa shape index (κ3) is 2.96. The van der Waals surface area contributed by atoms with E-state index in [-0.39, 0.29) is 17.5 Å². The molecular weight excluding hydrogens is 356 g/mol. The zero-order valence-corrected chi connectivity index (χ0v) is 16.3. The Kier molecular flexibility index (Phi) is 4.45. The Morgan fingerprint density at radius 2 is 1.89 bits per heavy atom. The topological polar surface area (TPSA) is 91.2 Å². The SMILES string of the molecule is Cc1ccc2[nH]c(C(=O)N3CCC(n4ncc(C(=O)O)c4C)CC3)cc2c1C. The molecule has 3 aromatic rings. The molecular formula is C21H24N4O3. The van der Waals surface area contributed by atoms with Gasteiger partial charge in [-0.1, -0.05) is 6.07 Å². The maximum Gasteiger partial charge on any atom is 0.339 e. The highest BCUT2D eigenvalue weighted by Gasteiger charge is 2.27. The van der Waals surface area contributed by atoms with Crippen molar-refractivity contribution in [3.05, 3.63) is 52.5 Å². The number of fused-ring (bicyclic) bond motifs is 1. The number of hydrogen-bond donors (Lipinski definition) is 2. The molecule has 4 rings (SSSR count). The first-order valence-electron chi connectivity index (χ1n) is 9.52. The summed E-state index contributed by atoms with van der Waals surface area (Å²) in [5.41, 5.74) is 4.90. The molecule has 0 spiro atoms. The number of aromatic carboxylic acids is 1. The fourth-order valence-electron chi connectivity index (χ4n) is 4.06. The largest absolute Gasteiger partial charge is 0.478 e. The maximum absolute atomic E-state index is 13.0. The van der Waals surface area contributed by atoms with Gasteiger partial charge in [-0.15, -0.1) is 0 Å².